The van der Waals surface area contributed by atoms with E-state index in [-0.39, 0.29) is 30.3 Å². The van der Waals surface area contributed by atoms with Gasteiger partial charge in [-0.15, -0.1) is 0 Å². The van der Waals surface area contributed by atoms with E-state index in [1.54, 1.807) is 6.92 Å². The molecule has 3 aromatic rings. The molecule has 0 aliphatic heterocycles. The third-order valence-corrected chi connectivity index (χ3v) is 5.39. The number of carbonyl (C=O) groups excluding carboxylic acids is 1. The fraction of sp³-hybridized carbons (Fsp3) is 0.316. The molecule has 0 saturated heterocycles. The number of pyridine rings is 2. The van der Waals surface area contributed by atoms with E-state index in [4.69, 9.17) is 4.74 Å². The van der Waals surface area contributed by atoms with Crippen molar-refractivity contribution in [3.63, 3.8) is 0 Å². The number of hydrogen-bond acceptors (Lipinski definition) is 6. The van der Waals surface area contributed by atoms with Crippen molar-refractivity contribution in [1.29, 1.82) is 0 Å². The van der Waals surface area contributed by atoms with Crippen LogP contribution in [0.5, 0.6) is 0 Å². The largest absolute Gasteiger partial charge is 0.443 e. The molecule has 0 fully saturated rings. The average Bonchev–Trinajstić information content (AvgIpc) is 2.72. The van der Waals surface area contributed by atoms with Gasteiger partial charge in [0.15, 0.2) is 6.23 Å². The van der Waals surface area contributed by atoms with Gasteiger partial charge in [0.05, 0.1) is 5.39 Å². The molecule has 0 saturated carbocycles. The molecule has 0 amide bonds. The van der Waals surface area contributed by atoms with Crippen LogP contribution in [0.25, 0.3) is 11.0 Å². The molecular weight excluding hydrogens is 485 g/mol. The highest BCUT2D eigenvalue weighted by atomic mass is 79.9. The van der Waals surface area contributed by atoms with Gasteiger partial charge < -0.3 is 4.74 Å². The number of aromatic nitrogens is 4. The van der Waals surface area contributed by atoms with Crippen LogP contribution in [-0.4, -0.2) is 25.6 Å². The summed E-state index contributed by atoms with van der Waals surface area (Å²) in [4.78, 5) is 44.4. The maximum atomic E-state index is 13.3. The fourth-order valence-corrected chi connectivity index (χ4v) is 3.63. The molecule has 0 aromatic carbocycles. The van der Waals surface area contributed by atoms with Gasteiger partial charge in [0.1, 0.15) is 11.3 Å². The molecule has 0 radical (unpaired) electrons. The Balaban J connectivity index is 2.23. The maximum absolute atomic E-state index is 13.3. The summed E-state index contributed by atoms with van der Waals surface area (Å²) in [7, 11) is 1.42. The van der Waals surface area contributed by atoms with Crippen molar-refractivity contribution in [2.45, 2.75) is 32.2 Å². The number of nitrogens with zero attached hydrogens (tertiary/aromatic N) is 4. The van der Waals surface area contributed by atoms with Crippen LogP contribution in [-0.2, 0) is 29.2 Å². The Labute approximate surface area is 181 Å². The average molecular weight is 501 g/mol. The SMILES string of the molecule is CCC(OC=O)n1c(=O)c2c(Cc3ccc(C(F)(F)F)nc3)c(Br)cnc2n(C)c1=O. The zero-order valence-corrected chi connectivity index (χ0v) is 17.9. The van der Waals surface area contributed by atoms with E-state index < -0.39 is 29.3 Å². The number of carbonyl (C=O) groups is 1. The summed E-state index contributed by atoms with van der Waals surface area (Å²) in [6.07, 6.45) is -3.00. The predicted molar refractivity (Wildman–Crippen MR) is 107 cm³/mol. The Kier molecular flexibility index (Phi) is 6.30. The molecule has 3 aromatic heterocycles. The van der Waals surface area contributed by atoms with Gasteiger partial charge in [-0.2, -0.15) is 13.2 Å². The Morgan fingerprint density at radius 3 is 2.48 bits per heavy atom. The monoisotopic (exact) mass is 500 g/mol. The van der Waals surface area contributed by atoms with Crippen LogP contribution in [0.3, 0.4) is 0 Å². The summed E-state index contributed by atoms with van der Waals surface area (Å²) in [5.41, 5.74) is -1.57. The molecule has 0 N–H and O–H groups in total. The van der Waals surface area contributed by atoms with Crippen molar-refractivity contribution in [1.82, 2.24) is 19.1 Å². The Morgan fingerprint density at radius 2 is 1.94 bits per heavy atom. The summed E-state index contributed by atoms with van der Waals surface area (Å²) in [6.45, 7) is 1.79. The van der Waals surface area contributed by atoms with Crippen molar-refractivity contribution in [3.05, 3.63) is 66.7 Å². The molecule has 0 aliphatic carbocycles. The van der Waals surface area contributed by atoms with Gasteiger partial charge in [-0.3, -0.25) is 19.1 Å². The smallest absolute Gasteiger partial charge is 0.433 e. The Bertz CT molecular complexity index is 1250. The highest BCUT2D eigenvalue weighted by Gasteiger charge is 2.32. The second-order valence-electron chi connectivity index (χ2n) is 6.62. The predicted octanol–water partition coefficient (Wildman–Crippen LogP) is 2.94. The van der Waals surface area contributed by atoms with Crippen LogP contribution >= 0.6 is 15.9 Å². The minimum absolute atomic E-state index is 0.0452. The van der Waals surface area contributed by atoms with Crippen molar-refractivity contribution in [2.24, 2.45) is 7.05 Å². The first kappa shape index (κ1) is 22.7. The lowest BCUT2D eigenvalue weighted by Crippen LogP contribution is -2.42. The number of ether oxygens (including phenoxy) is 1. The lowest BCUT2D eigenvalue weighted by molar-refractivity contribution is -0.141. The number of rotatable bonds is 6. The first-order valence-corrected chi connectivity index (χ1v) is 9.79. The Hall–Kier alpha value is -3.02. The van der Waals surface area contributed by atoms with Crippen LogP contribution in [0.4, 0.5) is 13.2 Å². The zero-order chi connectivity index (χ0) is 22.9. The van der Waals surface area contributed by atoms with Gasteiger partial charge >= 0.3 is 11.9 Å². The maximum Gasteiger partial charge on any atom is 0.433 e. The first-order valence-electron chi connectivity index (χ1n) is 9.00. The van der Waals surface area contributed by atoms with Crippen LogP contribution < -0.4 is 11.2 Å². The van der Waals surface area contributed by atoms with Gasteiger partial charge in [0.25, 0.3) is 12.0 Å². The summed E-state index contributed by atoms with van der Waals surface area (Å²) in [6, 6.07) is 2.12. The zero-order valence-electron chi connectivity index (χ0n) is 16.3. The van der Waals surface area contributed by atoms with E-state index in [1.807, 2.05) is 0 Å². The van der Waals surface area contributed by atoms with Crippen LogP contribution in [0.2, 0.25) is 0 Å². The third kappa shape index (κ3) is 4.24. The lowest BCUT2D eigenvalue weighted by atomic mass is 10.0. The summed E-state index contributed by atoms with van der Waals surface area (Å²) in [5.74, 6) is 0. The van der Waals surface area contributed by atoms with E-state index in [9.17, 15) is 27.6 Å². The lowest BCUT2D eigenvalue weighted by Gasteiger charge is -2.18. The fourth-order valence-electron chi connectivity index (χ4n) is 3.18. The number of alkyl halides is 3. The number of hydrogen-bond donors (Lipinski definition) is 0. The molecule has 0 bridgehead atoms. The first-order chi connectivity index (χ1) is 14.6. The van der Waals surface area contributed by atoms with Crippen LogP contribution in [0.1, 0.15) is 36.4 Å². The molecule has 3 rings (SSSR count). The van der Waals surface area contributed by atoms with Gasteiger partial charge in [-0.25, -0.2) is 14.3 Å². The van der Waals surface area contributed by atoms with Gasteiger partial charge in [-0.1, -0.05) is 13.0 Å². The number of fused-ring (bicyclic) bond motifs is 1. The molecule has 1 unspecified atom stereocenters. The van der Waals surface area contributed by atoms with Crippen molar-refractivity contribution in [3.8, 4) is 0 Å². The second kappa shape index (κ2) is 8.61. The molecule has 0 aliphatic rings. The van der Waals surface area contributed by atoms with Gasteiger partial charge in [0.2, 0.25) is 0 Å². The summed E-state index contributed by atoms with van der Waals surface area (Å²) < 4.78 is 45.6. The van der Waals surface area contributed by atoms with E-state index in [0.29, 0.717) is 15.6 Å². The number of aryl methyl sites for hydroxylation is 1. The molecule has 12 heteroatoms. The molecule has 164 valence electrons. The molecular formula is C19H16BrF3N4O4. The molecule has 8 nitrogen and oxygen atoms in total. The standard InChI is InChI=1S/C19H16BrF3N4O4/c1-3-14(31-9-28)27-17(29)15-11(12(20)8-25-16(15)26(2)18(27)30)6-10-4-5-13(24-7-10)19(21,22)23/h4-5,7-9,14H,3,6H2,1-2H3. The highest BCUT2D eigenvalue weighted by molar-refractivity contribution is 9.10. The summed E-state index contributed by atoms with van der Waals surface area (Å²) in [5, 5.41) is 0.0734. The van der Waals surface area contributed by atoms with Gasteiger partial charge in [-0.05, 0) is 33.1 Å². The molecule has 0 spiro atoms. The van der Waals surface area contributed by atoms with E-state index in [1.165, 1.54) is 19.3 Å². The highest BCUT2D eigenvalue weighted by Crippen LogP contribution is 2.29. The van der Waals surface area contributed by atoms with E-state index in [2.05, 4.69) is 25.9 Å². The van der Waals surface area contributed by atoms with Crippen molar-refractivity contribution >= 4 is 33.4 Å². The van der Waals surface area contributed by atoms with Crippen molar-refractivity contribution in [2.75, 3.05) is 0 Å². The second-order valence-corrected chi connectivity index (χ2v) is 7.48. The minimum atomic E-state index is -4.57. The Morgan fingerprint density at radius 1 is 1.23 bits per heavy atom. The topological polar surface area (TPSA) is 96.1 Å². The van der Waals surface area contributed by atoms with Gasteiger partial charge in [0, 0.05) is 36.8 Å². The normalized spacial score (nSPS) is 12.7. The van der Waals surface area contributed by atoms with Crippen LogP contribution in [0, 0.1) is 0 Å². The molecule has 3 heterocycles. The minimum Gasteiger partial charge on any atom is -0.443 e. The summed E-state index contributed by atoms with van der Waals surface area (Å²) >= 11 is 3.32. The molecule has 1 atom stereocenters. The van der Waals surface area contributed by atoms with E-state index >= 15 is 0 Å². The third-order valence-electron chi connectivity index (χ3n) is 4.70. The van der Waals surface area contributed by atoms with Crippen molar-refractivity contribution < 1.29 is 22.7 Å². The number of halogens is 4. The van der Waals surface area contributed by atoms with Crippen LogP contribution in [0.15, 0.2) is 38.6 Å². The van der Waals surface area contributed by atoms with E-state index in [0.717, 1.165) is 21.4 Å². The quantitative estimate of drug-likeness (QED) is 0.482. The molecule has 31 heavy (non-hydrogen) atoms.